The molecule has 7 heteroatoms. The standard InChI is InChI=1S/C24H16FN3O2S/c25-16-9-11-17(12-10-16)28-23(30)19-6-2-4-8-21(19)27-24(28)31-14-15-13-22(29)26-20-7-3-1-5-18(15)20/h1-13H,14H2,(H,26,29). The summed E-state index contributed by atoms with van der Waals surface area (Å²) in [6.45, 7) is 0. The Labute approximate surface area is 180 Å². The summed E-state index contributed by atoms with van der Waals surface area (Å²) in [5.74, 6) is 0.0610. The Morgan fingerprint density at radius 2 is 1.61 bits per heavy atom. The van der Waals surface area contributed by atoms with Crippen LogP contribution in [0.3, 0.4) is 0 Å². The second-order valence-corrected chi connectivity index (χ2v) is 7.96. The van der Waals surface area contributed by atoms with Crippen LogP contribution < -0.4 is 11.1 Å². The van der Waals surface area contributed by atoms with Crippen LogP contribution in [0.5, 0.6) is 0 Å². The fourth-order valence-corrected chi connectivity index (χ4v) is 4.57. The molecule has 1 N–H and O–H groups in total. The lowest BCUT2D eigenvalue weighted by molar-refractivity contribution is 0.627. The van der Waals surface area contributed by atoms with Crippen molar-refractivity contribution in [3.63, 3.8) is 0 Å². The van der Waals surface area contributed by atoms with Crippen LogP contribution in [0, 0.1) is 5.82 Å². The van der Waals surface area contributed by atoms with Crippen molar-refractivity contribution in [3.05, 3.63) is 111 Å². The van der Waals surface area contributed by atoms with Crippen LogP contribution in [0.4, 0.5) is 4.39 Å². The summed E-state index contributed by atoms with van der Waals surface area (Å²) in [6.07, 6.45) is 0. The van der Waals surface area contributed by atoms with Crippen LogP contribution in [-0.2, 0) is 5.75 Å². The number of halogens is 1. The molecule has 3 aromatic carbocycles. The maximum Gasteiger partial charge on any atom is 0.266 e. The Morgan fingerprint density at radius 1 is 0.903 bits per heavy atom. The molecule has 0 saturated carbocycles. The van der Waals surface area contributed by atoms with Gasteiger partial charge >= 0.3 is 0 Å². The van der Waals surface area contributed by atoms with Crippen molar-refractivity contribution in [2.75, 3.05) is 0 Å². The largest absolute Gasteiger partial charge is 0.322 e. The highest BCUT2D eigenvalue weighted by molar-refractivity contribution is 7.98. The summed E-state index contributed by atoms with van der Waals surface area (Å²) in [4.78, 5) is 32.9. The SMILES string of the molecule is O=c1cc(CSc2nc3ccccc3c(=O)n2-c2ccc(F)cc2)c2ccccc2[nH]1. The molecule has 0 radical (unpaired) electrons. The first-order valence-corrected chi connectivity index (χ1v) is 10.6. The third kappa shape index (κ3) is 3.64. The second-order valence-electron chi connectivity index (χ2n) is 7.02. The Bertz CT molecular complexity index is 1540. The van der Waals surface area contributed by atoms with Gasteiger partial charge in [-0.15, -0.1) is 0 Å². The first-order valence-electron chi connectivity index (χ1n) is 9.62. The number of nitrogens with zero attached hydrogens (tertiary/aromatic N) is 2. The van der Waals surface area contributed by atoms with Gasteiger partial charge in [0, 0.05) is 22.7 Å². The molecule has 0 spiro atoms. The van der Waals surface area contributed by atoms with Gasteiger partial charge in [0.2, 0.25) is 5.56 Å². The lowest BCUT2D eigenvalue weighted by atomic mass is 10.1. The van der Waals surface area contributed by atoms with Gasteiger partial charge in [0.05, 0.1) is 16.6 Å². The molecule has 0 fully saturated rings. The Morgan fingerprint density at radius 3 is 2.42 bits per heavy atom. The average Bonchev–Trinajstić information content (AvgIpc) is 2.78. The maximum atomic E-state index is 13.5. The van der Waals surface area contributed by atoms with Crippen molar-refractivity contribution in [2.24, 2.45) is 0 Å². The van der Waals surface area contributed by atoms with Crippen LogP contribution in [0.2, 0.25) is 0 Å². The molecule has 0 bridgehead atoms. The van der Waals surface area contributed by atoms with Gasteiger partial charge in [-0.25, -0.2) is 9.37 Å². The average molecular weight is 429 g/mol. The quantitative estimate of drug-likeness (QED) is 0.333. The minimum atomic E-state index is -0.380. The zero-order valence-corrected chi connectivity index (χ0v) is 17.0. The molecule has 152 valence electrons. The number of nitrogens with one attached hydrogen (secondary N) is 1. The van der Waals surface area contributed by atoms with Crippen molar-refractivity contribution in [1.82, 2.24) is 14.5 Å². The highest BCUT2D eigenvalue weighted by Gasteiger charge is 2.14. The minimum Gasteiger partial charge on any atom is -0.322 e. The van der Waals surface area contributed by atoms with E-state index < -0.39 is 0 Å². The van der Waals surface area contributed by atoms with E-state index in [0.29, 0.717) is 27.5 Å². The summed E-state index contributed by atoms with van der Waals surface area (Å²) in [7, 11) is 0. The highest BCUT2D eigenvalue weighted by Crippen LogP contribution is 2.27. The third-order valence-corrected chi connectivity index (χ3v) is 6.01. The number of hydrogen-bond donors (Lipinski definition) is 1. The fraction of sp³-hybridized carbons (Fsp3) is 0.0417. The highest BCUT2D eigenvalue weighted by atomic mass is 32.2. The zero-order chi connectivity index (χ0) is 21.4. The summed E-state index contributed by atoms with van der Waals surface area (Å²) in [6, 6.07) is 22.0. The van der Waals surface area contributed by atoms with Crippen molar-refractivity contribution in [3.8, 4) is 5.69 Å². The van der Waals surface area contributed by atoms with Crippen molar-refractivity contribution >= 4 is 33.6 Å². The first kappa shape index (κ1) is 19.3. The van der Waals surface area contributed by atoms with Gasteiger partial charge in [-0.2, -0.15) is 0 Å². The van der Waals surface area contributed by atoms with Gasteiger partial charge < -0.3 is 4.98 Å². The van der Waals surface area contributed by atoms with E-state index in [1.807, 2.05) is 30.3 Å². The number of para-hydroxylation sites is 2. The van der Waals surface area contributed by atoms with E-state index in [2.05, 4.69) is 4.98 Å². The first-order chi connectivity index (χ1) is 15.1. The van der Waals surface area contributed by atoms with Gasteiger partial charge in [-0.3, -0.25) is 14.2 Å². The lowest BCUT2D eigenvalue weighted by Gasteiger charge is -2.14. The second kappa shape index (κ2) is 7.85. The predicted molar refractivity (Wildman–Crippen MR) is 121 cm³/mol. The number of pyridine rings is 1. The molecule has 31 heavy (non-hydrogen) atoms. The van der Waals surface area contributed by atoms with Crippen LogP contribution in [0.25, 0.3) is 27.5 Å². The van der Waals surface area contributed by atoms with Crippen molar-refractivity contribution in [2.45, 2.75) is 10.9 Å². The van der Waals surface area contributed by atoms with Crippen molar-refractivity contribution in [1.29, 1.82) is 0 Å². The molecule has 0 aliphatic heterocycles. The van der Waals surface area contributed by atoms with Gasteiger partial charge in [-0.1, -0.05) is 42.1 Å². The van der Waals surface area contributed by atoms with E-state index in [4.69, 9.17) is 4.98 Å². The molecule has 5 rings (SSSR count). The van der Waals surface area contributed by atoms with Gasteiger partial charge in [-0.05, 0) is 48.0 Å². The van der Waals surface area contributed by atoms with Gasteiger partial charge in [0.1, 0.15) is 5.82 Å². The number of thioether (sulfide) groups is 1. The van der Waals surface area contributed by atoms with Crippen LogP contribution in [0.1, 0.15) is 5.56 Å². The molecule has 0 amide bonds. The number of rotatable bonds is 4. The monoisotopic (exact) mass is 429 g/mol. The van der Waals surface area contributed by atoms with E-state index in [0.717, 1.165) is 16.5 Å². The van der Waals surface area contributed by atoms with Crippen LogP contribution in [-0.4, -0.2) is 14.5 Å². The Kier molecular flexibility index (Phi) is 4.88. The normalized spacial score (nSPS) is 11.3. The maximum absolute atomic E-state index is 13.5. The summed E-state index contributed by atoms with van der Waals surface area (Å²) >= 11 is 1.36. The minimum absolute atomic E-state index is 0.184. The molecule has 5 nitrogen and oxygen atoms in total. The molecule has 0 unspecified atom stereocenters. The number of benzene rings is 3. The number of H-pyrrole nitrogens is 1. The number of hydrogen-bond acceptors (Lipinski definition) is 4. The number of fused-ring (bicyclic) bond motifs is 2. The third-order valence-electron chi connectivity index (χ3n) is 5.02. The van der Waals surface area contributed by atoms with E-state index >= 15 is 0 Å². The van der Waals surface area contributed by atoms with Gasteiger partial charge in [0.15, 0.2) is 5.16 Å². The molecule has 2 aromatic heterocycles. The van der Waals surface area contributed by atoms with E-state index in [1.54, 1.807) is 36.4 Å². The predicted octanol–water partition coefficient (Wildman–Crippen LogP) is 4.66. The zero-order valence-electron chi connectivity index (χ0n) is 16.2. The van der Waals surface area contributed by atoms with E-state index in [1.165, 1.54) is 28.5 Å². The molecule has 0 atom stereocenters. The summed E-state index contributed by atoms with van der Waals surface area (Å²) < 4.78 is 15.0. The Balaban J connectivity index is 1.65. The van der Waals surface area contributed by atoms with Crippen LogP contribution in [0.15, 0.2) is 93.6 Å². The topological polar surface area (TPSA) is 67.8 Å². The molecular weight excluding hydrogens is 413 g/mol. The van der Waals surface area contributed by atoms with E-state index in [-0.39, 0.29) is 16.9 Å². The van der Waals surface area contributed by atoms with Crippen molar-refractivity contribution < 1.29 is 4.39 Å². The lowest BCUT2D eigenvalue weighted by Crippen LogP contribution is -2.21. The molecule has 0 saturated heterocycles. The number of aromatic amines is 1. The smallest absolute Gasteiger partial charge is 0.266 e. The molecule has 5 aromatic rings. The molecular formula is C24H16FN3O2S. The Hall–Kier alpha value is -3.71. The molecule has 0 aliphatic carbocycles. The van der Waals surface area contributed by atoms with E-state index in [9.17, 15) is 14.0 Å². The molecule has 0 aliphatic rings. The molecule has 2 heterocycles. The van der Waals surface area contributed by atoms with Gasteiger partial charge in [0.25, 0.3) is 5.56 Å². The fourth-order valence-electron chi connectivity index (χ4n) is 3.57. The summed E-state index contributed by atoms with van der Waals surface area (Å²) in [5.41, 5.74) is 2.31. The van der Waals surface area contributed by atoms with Crippen LogP contribution >= 0.6 is 11.8 Å². The number of aromatic nitrogens is 3. The summed E-state index contributed by atoms with van der Waals surface area (Å²) in [5, 5.41) is 1.89.